The predicted molar refractivity (Wildman–Crippen MR) is 118 cm³/mol. The summed E-state index contributed by atoms with van der Waals surface area (Å²) < 4.78 is 0. The summed E-state index contributed by atoms with van der Waals surface area (Å²) in [6.45, 7) is 3.68. The number of benzene rings is 3. The number of hydrogen-bond acceptors (Lipinski definition) is 3. The number of aryl methyl sites for hydroxylation is 2. The molecule has 3 aromatic rings. The molecule has 1 N–H and O–H groups in total. The Morgan fingerprint density at radius 3 is 2.10 bits per heavy atom. The molecule has 4 nitrogen and oxygen atoms in total. The van der Waals surface area contributed by atoms with E-state index in [0.717, 1.165) is 33.4 Å². The largest absolute Gasteiger partial charge is 0.395 e. The number of nitrogens with zero attached hydrogens (tertiary/aromatic N) is 1. The minimum Gasteiger partial charge on any atom is -0.395 e. The Morgan fingerprint density at radius 2 is 1.48 bits per heavy atom. The maximum Gasteiger partial charge on any atom is 0.239 e. The first-order chi connectivity index (χ1) is 15.0. The number of anilines is 1. The van der Waals surface area contributed by atoms with E-state index in [1.807, 2.05) is 68.4 Å². The highest BCUT2D eigenvalue weighted by atomic mass is 16.3. The van der Waals surface area contributed by atoms with Crippen LogP contribution in [0.5, 0.6) is 0 Å². The van der Waals surface area contributed by atoms with Crippen LogP contribution in [0.25, 0.3) is 0 Å². The molecule has 3 aliphatic carbocycles. The number of aliphatic hydroxyl groups excluding tert-OH is 1. The fourth-order valence-electron chi connectivity index (χ4n) is 6.40. The van der Waals surface area contributed by atoms with Crippen molar-refractivity contribution in [3.05, 3.63) is 100 Å². The Labute approximate surface area is 181 Å². The van der Waals surface area contributed by atoms with E-state index in [4.69, 9.17) is 0 Å². The van der Waals surface area contributed by atoms with Gasteiger partial charge in [0.1, 0.15) is 0 Å². The van der Waals surface area contributed by atoms with Crippen LogP contribution in [0.1, 0.15) is 39.3 Å². The molecule has 2 atom stereocenters. The van der Waals surface area contributed by atoms with Gasteiger partial charge in [0, 0.05) is 5.92 Å². The lowest BCUT2D eigenvalue weighted by Crippen LogP contribution is -2.55. The first-order valence-electron chi connectivity index (χ1n) is 10.8. The third-order valence-electron chi connectivity index (χ3n) is 7.65. The first kappa shape index (κ1) is 18.5. The normalized spacial score (nSPS) is 27.8. The Balaban J connectivity index is 1.65. The van der Waals surface area contributed by atoms with E-state index in [1.54, 1.807) is 0 Å². The zero-order valence-electron chi connectivity index (χ0n) is 17.5. The van der Waals surface area contributed by atoms with Gasteiger partial charge in [-0.25, -0.2) is 4.90 Å². The molecule has 154 valence electrons. The smallest absolute Gasteiger partial charge is 0.239 e. The van der Waals surface area contributed by atoms with Crippen LogP contribution >= 0.6 is 0 Å². The molecule has 4 heteroatoms. The van der Waals surface area contributed by atoms with E-state index in [9.17, 15) is 14.7 Å². The predicted octanol–water partition coefficient (Wildman–Crippen LogP) is 3.85. The molecule has 0 saturated carbocycles. The molecule has 1 fully saturated rings. The third-order valence-corrected chi connectivity index (χ3v) is 7.65. The lowest BCUT2D eigenvalue weighted by molar-refractivity contribution is -0.124. The van der Waals surface area contributed by atoms with Crippen molar-refractivity contribution in [2.45, 2.75) is 25.2 Å². The monoisotopic (exact) mass is 409 g/mol. The summed E-state index contributed by atoms with van der Waals surface area (Å²) in [5.74, 6) is -1.66. The fourth-order valence-corrected chi connectivity index (χ4v) is 6.40. The second kappa shape index (κ2) is 6.14. The highest BCUT2D eigenvalue weighted by molar-refractivity contribution is 6.24. The molecule has 0 radical (unpaired) electrons. The lowest BCUT2D eigenvalue weighted by Gasteiger charge is -2.53. The minimum absolute atomic E-state index is 0.157. The van der Waals surface area contributed by atoms with Crippen molar-refractivity contribution in [1.82, 2.24) is 0 Å². The van der Waals surface area contributed by atoms with Crippen molar-refractivity contribution >= 4 is 17.5 Å². The number of imide groups is 1. The topological polar surface area (TPSA) is 57.6 Å². The van der Waals surface area contributed by atoms with Gasteiger partial charge in [0.15, 0.2) is 0 Å². The van der Waals surface area contributed by atoms with Gasteiger partial charge in [-0.15, -0.1) is 0 Å². The van der Waals surface area contributed by atoms with Crippen molar-refractivity contribution < 1.29 is 14.7 Å². The van der Waals surface area contributed by atoms with Crippen LogP contribution < -0.4 is 4.90 Å². The van der Waals surface area contributed by atoms with E-state index in [0.29, 0.717) is 5.69 Å². The van der Waals surface area contributed by atoms with Crippen LogP contribution in [-0.2, 0) is 15.0 Å². The van der Waals surface area contributed by atoms with Crippen LogP contribution in [0.2, 0.25) is 0 Å². The molecular weight excluding hydrogens is 386 g/mol. The van der Waals surface area contributed by atoms with Crippen LogP contribution in [0.3, 0.4) is 0 Å². The van der Waals surface area contributed by atoms with Gasteiger partial charge in [0.2, 0.25) is 11.8 Å². The van der Waals surface area contributed by atoms with Crippen molar-refractivity contribution in [1.29, 1.82) is 0 Å². The standard InChI is InChI=1S/C27H23NO3/c1-15-11-12-16(2)21(13-15)28-25(30)23-22-17-7-3-5-9-19(17)27(14-29,24(23)26(28)31)20-10-6-4-8-18(20)22/h3-13,22-24,29H,14H2,1-2H3/t22?,23-,24+,27?/m1/s1. The molecule has 0 spiro atoms. The summed E-state index contributed by atoms with van der Waals surface area (Å²) >= 11 is 0. The molecular formula is C27H23NO3. The van der Waals surface area contributed by atoms with Gasteiger partial charge < -0.3 is 5.11 Å². The zero-order chi connectivity index (χ0) is 21.5. The Bertz CT molecular complexity index is 1230. The molecule has 7 rings (SSSR count). The maximum atomic E-state index is 14.0. The highest BCUT2D eigenvalue weighted by Crippen LogP contribution is 2.64. The van der Waals surface area contributed by atoms with Crippen LogP contribution in [0, 0.1) is 25.7 Å². The van der Waals surface area contributed by atoms with Gasteiger partial charge in [-0.1, -0.05) is 60.7 Å². The summed E-state index contributed by atoms with van der Waals surface area (Å²) in [6, 6.07) is 21.9. The van der Waals surface area contributed by atoms with E-state index < -0.39 is 17.3 Å². The van der Waals surface area contributed by atoms with E-state index >= 15 is 0 Å². The van der Waals surface area contributed by atoms with Crippen molar-refractivity contribution in [2.75, 3.05) is 11.5 Å². The summed E-state index contributed by atoms with van der Waals surface area (Å²) in [5.41, 5.74) is 5.71. The quantitative estimate of drug-likeness (QED) is 0.654. The molecule has 0 unspecified atom stereocenters. The van der Waals surface area contributed by atoms with E-state index in [2.05, 4.69) is 12.1 Å². The minimum atomic E-state index is -0.911. The van der Waals surface area contributed by atoms with Crippen molar-refractivity contribution in [3.63, 3.8) is 0 Å². The second-order valence-corrected chi connectivity index (χ2v) is 9.09. The molecule has 1 saturated heterocycles. The molecule has 0 aromatic heterocycles. The lowest BCUT2D eigenvalue weighted by atomic mass is 9.47. The number of amides is 2. The average Bonchev–Trinajstić information content (AvgIpc) is 3.06. The number of aliphatic hydroxyl groups is 1. The van der Waals surface area contributed by atoms with Gasteiger partial charge in [-0.3, -0.25) is 9.59 Å². The fraction of sp³-hybridized carbons (Fsp3) is 0.259. The van der Waals surface area contributed by atoms with Gasteiger partial charge in [0.05, 0.1) is 29.5 Å². The highest BCUT2D eigenvalue weighted by Gasteiger charge is 2.68. The van der Waals surface area contributed by atoms with Crippen LogP contribution in [0.15, 0.2) is 66.7 Å². The van der Waals surface area contributed by atoms with Gasteiger partial charge in [-0.05, 0) is 53.3 Å². The molecule has 4 aliphatic rings. The first-order valence-corrected chi connectivity index (χ1v) is 10.8. The van der Waals surface area contributed by atoms with Crippen molar-refractivity contribution in [3.8, 4) is 0 Å². The Morgan fingerprint density at radius 1 is 0.871 bits per heavy atom. The second-order valence-electron chi connectivity index (χ2n) is 9.09. The SMILES string of the molecule is Cc1ccc(C)c(N2C(=O)[C@@H]3C4c5ccccc5C(CO)(c5ccccc54)[C@@H]3C2=O)c1. The summed E-state index contributed by atoms with van der Waals surface area (Å²) in [5, 5.41) is 10.9. The number of carbonyl (C=O) groups is 2. The Hall–Kier alpha value is -3.24. The summed E-state index contributed by atoms with van der Waals surface area (Å²) in [4.78, 5) is 29.3. The van der Waals surface area contributed by atoms with Crippen LogP contribution in [-0.4, -0.2) is 23.5 Å². The van der Waals surface area contributed by atoms with E-state index in [1.165, 1.54) is 4.90 Å². The number of carbonyl (C=O) groups excluding carboxylic acids is 2. The van der Waals surface area contributed by atoms with Gasteiger partial charge >= 0.3 is 0 Å². The van der Waals surface area contributed by atoms with E-state index in [-0.39, 0.29) is 24.3 Å². The maximum absolute atomic E-state index is 14.0. The number of rotatable bonds is 2. The number of hydrogen-bond donors (Lipinski definition) is 1. The molecule has 2 bridgehead atoms. The molecule has 31 heavy (non-hydrogen) atoms. The molecule has 1 aliphatic heterocycles. The average molecular weight is 409 g/mol. The summed E-state index contributed by atoms with van der Waals surface area (Å²) in [7, 11) is 0. The zero-order valence-corrected chi connectivity index (χ0v) is 17.5. The molecule has 1 heterocycles. The molecule has 2 amide bonds. The van der Waals surface area contributed by atoms with Gasteiger partial charge in [0.25, 0.3) is 0 Å². The van der Waals surface area contributed by atoms with Crippen molar-refractivity contribution in [2.24, 2.45) is 11.8 Å². The van der Waals surface area contributed by atoms with Crippen LogP contribution in [0.4, 0.5) is 5.69 Å². The third kappa shape index (κ3) is 2.08. The molecule has 3 aromatic carbocycles. The summed E-state index contributed by atoms with van der Waals surface area (Å²) in [6.07, 6.45) is 0. The van der Waals surface area contributed by atoms with Gasteiger partial charge in [-0.2, -0.15) is 0 Å². The Kier molecular flexibility index (Phi) is 3.67.